The Hall–Kier alpha value is -0.860. The van der Waals surface area contributed by atoms with E-state index in [1.807, 2.05) is 0 Å². The first-order valence-corrected chi connectivity index (χ1v) is 6.54. The standard InChI is InChI=1S/C15H23NO/c1-11-5-4-6-13(9-11)15(16-3)14-7-8-17-10-12(14)2/h4-6,9,12,14-16H,7-8,10H2,1-3H3. The Labute approximate surface area is 104 Å². The van der Waals surface area contributed by atoms with Gasteiger partial charge in [0.1, 0.15) is 0 Å². The molecule has 1 aliphatic rings. The molecule has 94 valence electrons. The lowest BCUT2D eigenvalue weighted by Gasteiger charge is -2.35. The highest BCUT2D eigenvalue weighted by molar-refractivity contribution is 5.25. The van der Waals surface area contributed by atoms with Gasteiger partial charge in [0.25, 0.3) is 0 Å². The average molecular weight is 233 g/mol. The van der Waals surface area contributed by atoms with E-state index < -0.39 is 0 Å². The van der Waals surface area contributed by atoms with Crippen LogP contribution in [0.5, 0.6) is 0 Å². The van der Waals surface area contributed by atoms with Crippen LogP contribution in [-0.4, -0.2) is 20.3 Å². The van der Waals surface area contributed by atoms with Crippen molar-refractivity contribution in [2.24, 2.45) is 11.8 Å². The highest BCUT2D eigenvalue weighted by Crippen LogP contribution is 2.33. The summed E-state index contributed by atoms with van der Waals surface area (Å²) < 4.78 is 5.54. The molecule has 2 nitrogen and oxygen atoms in total. The lowest BCUT2D eigenvalue weighted by atomic mass is 9.80. The van der Waals surface area contributed by atoms with Gasteiger partial charge in [-0.15, -0.1) is 0 Å². The molecule has 0 aromatic heterocycles. The summed E-state index contributed by atoms with van der Waals surface area (Å²) in [7, 11) is 2.06. The number of benzene rings is 1. The smallest absolute Gasteiger partial charge is 0.0494 e. The van der Waals surface area contributed by atoms with Gasteiger partial charge in [-0.2, -0.15) is 0 Å². The number of aryl methyl sites for hydroxylation is 1. The van der Waals surface area contributed by atoms with Gasteiger partial charge in [-0.3, -0.25) is 0 Å². The second kappa shape index (κ2) is 5.65. The molecular weight excluding hydrogens is 210 g/mol. The largest absolute Gasteiger partial charge is 0.381 e. The third-order valence-corrected chi connectivity index (χ3v) is 3.85. The minimum Gasteiger partial charge on any atom is -0.381 e. The van der Waals surface area contributed by atoms with E-state index in [-0.39, 0.29) is 0 Å². The van der Waals surface area contributed by atoms with Gasteiger partial charge < -0.3 is 10.1 Å². The van der Waals surface area contributed by atoms with Crippen molar-refractivity contribution in [3.05, 3.63) is 35.4 Å². The quantitative estimate of drug-likeness (QED) is 0.866. The molecule has 0 saturated carbocycles. The number of nitrogens with one attached hydrogen (secondary N) is 1. The first-order chi connectivity index (χ1) is 8.22. The average Bonchev–Trinajstić information content (AvgIpc) is 2.33. The summed E-state index contributed by atoms with van der Waals surface area (Å²) in [6, 6.07) is 9.29. The van der Waals surface area contributed by atoms with Gasteiger partial charge in [0.2, 0.25) is 0 Å². The predicted molar refractivity (Wildman–Crippen MR) is 71.1 cm³/mol. The monoisotopic (exact) mass is 233 g/mol. The normalized spacial score (nSPS) is 26.8. The second-order valence-corrected chi connectivity index (χ2v) is 5.19. The molecule has 2 rings (SSSR count). The van der Waals surface area contributed by atoms with Crippen LogP contribution in [0.15, 0.2) is 24.3 Å². The molecule has 0 bridgehead atoms. The van der Waals surface area contributed by atoms with E-state index in [2.05, 4.69) is 50.5 Å². The molecule has 0 spiro atoms. The van der Waals surface area contributed by atoms with Crippen LogP contribution < -0.4 is 5.32 Å². The first-order valence-electron chi connectivity index (χ1n) is 6.54. The summed E-state index contributed by atoms with van der Waals surface area (Å²) in [5, 5.41) is 3.49. The summed E-state index contributed by atoms with van der Waals surface area (Å²) in [6.07, 6.45) is 1.15. The molecule has 1 N–H and O–H groups in total. The van der Waals surface area contributed by atoms with E-state index in [0.29, 0.717) is 17.9 Å². The summed E-state index contributed by atoms with van der Waals surface area (Å²) in [4.78, 5) is 0. The van der Waals surface area contributed by atoms with Gasteiger partial charge >= 0.3 is 0 Å². The maximum Gasteiger partial charge on any atom is 0.0494 e. The molecule has 0 amide bonds. The van der Waals surface area contributed by atoms with E-state index in [4.69, 9.17) is 4.74 Å². The van der Waals surface area contributed by atoms with Crippen LogP contribution in [0.2, 0.25) is 0 Å². The lowest BCUT2D eigenvalue weighted by Crippen LogP contribution is -2.35. The Morgan fingerprint density at radius 1 is 1.41 bits per heavy atom. The zero-order chi connectivity index (χ0) is 12.3. The van der Waals surface area contributed by atoms with Crippen molar-refractivity contribution >= 4 is 0 Å². The van der Waals surface area contributed by atoms with Crippen molar-refractivity contribution in [2.45, 2.75) is 26.3 Å². The van der Waals surface area contributed by atoms with E-state index >= 15 is 0 Å². The van der Waals surface area contributed by atoms with Gasteiger partial charge in [0, 0.05) is 19.3 Å². The number of hydrogen-bond donors (Lipinski definition) is 1. The van der Waals surface area contributed by atoms with Crippen molar-refractivity contribution in [1.82, 2.24) is 5.32 Å². The number of ether oxygens (including phenoxy) is 1. The number of rotatable bonds is 3. The molecule has 3 unspecified atom stereocenters. The van der Waals surface area contributed by atoms with E-state index in [9.17, 15) is 0 Å². The summed E-state index contributed by atoms with van der Waals surface area (Å²) in [6.45, 7) is 6.25. The molecule has 1 aliphatic heterocycles. The van der Waals surface area contributed by atoms with Crippen LogP contribution in [0.1, 0.15) is 30.5 Å². The van der Waals surface area contributed by atoms with Crippen molar-refractivity contribution in [2.75, 3.05) is 20.3 Å². The Balaban J connectivity index is 2.20. The van der Waals surface area contributed by atoms with Crippen LogP contribution in [0.3, 0.4) is 0 Å². The Morgan fingerprint density at radius 3 is 2.88 bits per heavy atom. The summed E-state index contributed by atoms with van der Waals surface area (Å²) in [5.41, 5.74) is 2.74. The van der Waals surface area contributed by atoms with Gasteiger partial charge in [-0.1, -0.05) is 36.8 Å². The molecule has 0 radical (unpaired) electrons. The van der Waals surface area contributed by atoms with Gasteiger partial charge in [-0.05, 0) is 37.8 Å². The van der Waals surface area contributed by atoms with Gasteiger partial charge in [-0.25, -0.2) is 0 Å². The van der Waals surface area contributed by atoms with Crippen LogP contribution in [0, 0.1) is 18.8 Å². The zero-order valence-electron chi connectivity index (χ0n) is 11.1. The molecule has 2 heteroatoms. The predicted octanol–water partition coefficient (Wildman–Crippen LogP) is 2.93. The lowest BCUT2D eigenvalue weighted by molar-refractivity contribution is 0.0115. The second-order valence-electron chi connectivity index (χ2n) is 5.19. The number of hydrogen-bond acceptors (Lipinski definition) is 2. The fourth-order valence-electron chi connectivity index (χ4n) is 2.88. The van der Waals surface area contributed by atoms with Gasteiger partial charge in [0.05, 0.1) is 0 Å². The maximum absolute atomic E-state index is 5.54. The van der Waals surface area contributed by atoms with E-state index in [0.717, 1.165) is 19.6 Å². The van der Waals surface area contributed by atoms with Crippen LogP contribution >= 0.6 is 0 Å². The zero-order valence-corrected chi connectivity index (χ0v) is 11.1. The molecule has 1 fully saturated rings. The van der Waals surface area contributed by atoms with Crippen LogP contribution in [0.25, 0.3) is 0 Å². The molecular formula is C15H23NO. The fourth-order valence-corrected chi connectivity index (χ4v) is 2.88. The first kappa shape index (κ1) is 12.6. The molecule has 1 aromatic rings. The molecule has 1 heterocycles. The summed E-state index contributed by atoms with van der Waals surface area (Å²) in [5.74, 6) is 1.30. The highest BCUT2D eigenvalue weighted by Gasteiger charge is 2.29. The van der Waals surface area contributed by atoms with Crippen LogP contribution in [0.4, 0.5) is 0 Å². The minimum absolute atomic E-state index is 0.453. The Bertz CT molecular complexity index is 364. The van der Waals surface area contributed by atoms with Crippen molar-refractivity contribution in [3.63, 3.8) is 0 Å². The minimum atomic E-state index is 0.453. The van der Waals surface area contributed by atoms with E-state index in [1.165, 1.54) is 11.1 Å². The SMILES string of the molecule is CNC(c1cccc(C)c1)C1CCOCC1C. The molecule has 1 aromatic carbocycles. The fraction of sp³-hybridized carbons (Fsp3) is 0.600. The third-order valence-electron chi connectivity index (χ3n) is 3.85. The maximum atomic E-state index is 5.54. The molecule has 0 aliphatic carbocycles. The Morgan fingerprint density at radius 2 is 2.24 bits per heavy atom. The van der Waals surface area contributed by atoms with Crippen molar-refractivity contribution in [1.29, 1.82) is 0 Å². The molecule has 1 saturated heterocycles. The highest BCUT2D eigenvalue weighted by atomic mass is 16.5. The van der Waals surface area contributed by atoms with Crippen LogP contribution in [-0.2, 0) is 4.74 Å². The van der Waals surface area contributed by atoms with Gasteiger partial charge in [0.15, 0.2) is 0 Å². The topological polar surface area (TPSA) is 21.3 Å². The molecule has 3 atom stereocenters. The van der Waals surface area contributed by atoms with E-state index in [1.54, 1.807) is 0 Å². The Kier molecular flexibility index (Phi) is 4.19. The third kappa shape index (κ3) is 2.88. The molecule has 17 heavy (non-hydrogen) atoms. The van der Waals surface area contributed by atoms with Crippen molar-refractivity contribution < 1.29 is 4.74 Å². The van der Waals surface area contributed by atoms with Crippen molar-refractivity contribution in [3.8, 4) is 0 Å². The summed E-state index contributed by atoms with van der Waals surface area (Å²) >= 11 is 0.